The van der Waals surface area contributed by atoms with Crippen molar-refractivity contribution in [2.75, 3.05) is 21.1 Å². The van der Waals surface area contributed by atoms with Crippen LogP contribution in [0.4, 0.5) is 4.39 Å². The Hall–Kier alpha value is -1.52. The van der Waals surface area contributed by atoms with E-state index in [-0.39, 0.29) is 35.3 Å². The molecule has 0 aliphatic heterocycles. The molecule has 1 N–H and O–H groups in total. The van der Waals surface area contributed by atoms with Crippen LogP contribution in [0.15, 0.2) is 35.6 Å². The number of nitrogens with zero attached hydrogens (tertiary/aromatic N) is 2. The molecule has 0 saturated heterocycles. The predicted molar refractivity (Wildman–Crippen MR) is 97.3 cm³/mol. The van der Waals surface area contributed by atoms with E-state index in [1.807, 2.05) is 0 Å². The van der Waals surface area contributed by atoms with Crippen molar-refractivity contribution in [1.82, 2.24) is 15.0 Å². The van der Waals surface area contributed by atoms with Gasteiger partial charge in [0.15, 0.2) is 17.3 Å². The van der Waals surface area contributed by atoms with Crippen LogP contribution in [0.1, 0.15) is 5.69 Å². The van der Waals surface area contributed by atoms with Crippen molar-refractivity contribution in [1.29, 1.82) is 0 Å². The molecule has 2 aromatic heterocycles. The Morgan fingerprint density at radius 1 is 1.23 bits per heavy atom. The van der Waals surface area contributed by atoms with E-state index in [4.69, 9.17) is 14.2 Å². The van der Waals surface area contributed by atoms with Gasteiger partial charge in [-0.05, 0) is 12.1 Å². The Balaban J connectivity index is 0.00000243. The summed E-state index contributed by atoms with van der Waals surface area (Å²) >= 11 is -1.48. The van der Waals surface area contributed by atoms with Gasteiger partial charge in [-0.25, -0.2) is 4.39 Å². The van der Waals surface area contributed by atoms with E-state index < -0.39 is 18.0 Å². The van der Waals surface area contributed by atoms with Gasteiger partial charge in [-0.1, -0.05) is 0 Å². The van der Waals surface area contributed by atoms with Crippen molar-refractivity contribution in [3.05, 3.63) is 36.2 Å². The molecule has 3 rings (SSSR count). The normalized spacial score (nSPS) is 11.7. The van der Waals surface area contributed by atoms with Gasteiger partial charge in [0.1, 0.15) is 11.4 Å². The quantitative estimate of drug-likeness (QED) is 0.490. The van der Waals surface area contributed by atoms with E-state index >= 15 is 0 Å². The molecule has 0 aliphatic rings. The molecule has 0 saturated carbocycles. The third-order valence-corrected chi connectivity index (χ3v) is 4.66. The van der Waals surface area contributed by atoms with E-state index in [0.717, 1.165) is 0 Å². The number of hydrogen-bond donors (Lipinski definition) is 1. The third kappa shape index (κ3) is 4.41. The second-order valence-corrected chi connectivity index (χ2v) is 6.32. The first kappa shape index (κ1) is 20.8. The van der Waals surface area contributed by atoms with Crippen LogP contribution in [-0.2, 0) is 16.9 Å². The Morgan fingerprint density at radius 3 is 2.73 bits per heavy atom. The minimum absolute atomic E-state index is 0. The number of halogens is 1. The number of pyridine rings is 1. The van der Waals surface area contributed by atoms with Crippen LogP contribution in [-0.4, -0.2) is 70.1 Å². The topological polar surface area (TPSA) is 92.3 Å². The molecule has 0 amide bonds. The monoisotopic (exact) mass is 389 g/mol. The number of benzene rings is 1. The van der Waals surface area contributed by atoms with Gasteiger partial charge >= 0.3 is 34.7 Å². The first-order valence-corrected chi connectivity index (χ1v) is 8.61. The van der Waals surface area contributed by atoms with E-state index in [0.29, 0.717) is 39.1 Å². The number of aromatic nitrogens is 3. The summed E-state index contributed by atoms with van der Waals surface area (Å²) < 4.78 is 40.2. The summed E-state index contributed by atoms with van der Waals surface area (Å²) in [5, 5.41) is 0.291. The standard InChI is InChI=1S/C16H16FN3O4S.Na.H/c1-22-14-5-6-18-13(15(14)23-2)8-25(21)16-19-11-4-3-10(24-9-17)7-12(11)20-16;;/h3-7H,8-9H2,1-2H3,(H,19,20);;. The zero-order valence-corrected chi connectivity index (χ0v) is 14.4. The molecule has 1 unspecified atom stereocenters. The average Bonchev–Trinajstić information content (AvgIpc) is 3.05. The van der Waals surface area contributed by atoms with E-state index in [2.05, 4.69) is 15.0 Å². The van der Waals surface area contributed by atoms with Crippen molar-refractivity contribution in [3.8, 4) is 17.2 Å². The molecule has 0 fully saturated rings. The van der Waals surface area contributed by atoms with Crippen LogP contribution in [0.3, 0.4) is 0 Å². The van der Waals surface area contributed by atoms with Gasteiger partial charge in [-0.15, -0.1) is 0 Å². The second-order valence-electron chi connectivity index (χ2n) is 4.96. The molecular weight excluding hydrogens is 372 g/mol. The van der Waals surface area contributed by atoms with E-state index in [1.165, 1.54) is 14.2 Å². The van der Waals surface area contributed by atoms with Gasteiger partial charge in [-0.2, -0.15) is 4.98 Å². The summed E-state index contributed by atoms with van der Waals surface area (Å²) in [4.78, 5) is 11.5. The number of alkyl halides is 1. The first-order valence-electron chi connectivity index (χ1n) is 7.29. The molecule has 0 spiro atoms. The minimum atomic E-state index is -1.48. The molecule has 0 bridgehead atoms. The molecule has 134 valence electrons. The summed E-state index contributed by atoms with van der Waals surface area (Å²) in [7, 11) is 3.02. The molecule has 2 heterocycles. The van der Waals surface area contributed by atoms with Gasteiger partial charge in [0, 0.05) is 29.5 Å². The Bertz CT molecular complexity index is 880. The van der Waals surface area contributed by atoms with Gasteiger partial charge < -0.3 is 18.8 Å². The summed E-state index contributed by atoms with van der Waals surface area (Å²) in [6.45, 7) is -0.921. The number of hydrogen-bond acceptors (Lipinski definition) is 6. The van der Waals surface area contributed by atoms with Crippen molar-refractivity contribution in [3.63, 3.8) is 0 Å². The van der Waals surface area contributed by atoms with Crippen LogP contribution in [0.25, 0.3) is 11.0 Å². The number of rotatable bonds is 7. The Labute approximate surface area is 174 Å². The van der Waals surface area contributed by atoms with Crippen LogP contribution in [0, 0.1) is 0 Å². The maximum atomic E-state index is 12.7. The first-order chi connectivity index (χ1) is 12.2. The number of nitrogens with one attached hydrogen (secondary N) is 1. The van der Waals surface area contributed by atoms with Crippen molar-refractivity contribution < 1.29 is 23.2 Å². The Morgan fingerprint density at radius 2 is 2.04 bits per heavy atom. The van der Waals surface area contributed by atoms with Gasteiger partial charge in [0.25, 0.3) is 0 Å². The van der Waals surface area contributed by atoms with E-state index in [1.54, 1.807) is 30.5 Å². The fourth-order valence-corrected chi connectivity index (χ4v) is 3.38. The third-order valence-electron chi connectivity index (χ3n) is 3.50. The van der Waals surface area contributed by atoms with E-state index in [9.17, 15) is 8.94 Å². The van der Waals surface area contributed by atoms with Crippen molar-refractivity contribution >= 4 is 51.8 Å². The molecule has 0 radical (unpaired) electrons. The van der Waals surface area contributed by atoms with Crippen LogP contribution >= 0.6 is 0 Å². The van der Waals surface area contributed by atoms with Gasteiger partial charge in [0.05, 0.1) is 25.3 Å². The molecular formula is C16H17FN3NaO4S. The van der Waals surface area contributed by atoms with Crippen LogP contribution in [0.2, 0.25) is 0 Å². The number of imidazole rings is 1. The number of ether oxygens (including phenoxy) is 3. The number of aromatic amines is 1. The molecule has 1 atom stereocenters. The summed E-state index contributed by atoms with van der Waals surface area (Å²) in [6, 6.07) is 6.55. The number of methoxy groups -OCH3 is 2. The molecule has 1 aromatic carbocycles. The van der Waals surface area contributed by atoms with Crippen LogP contribution < -0.4 is 14.2 Å². The fraction of sp³-hybridized carbons (Fsp3) is 0.250. The zero-order valence-electron chi connectivity index (χ0n) is 13.6. The van der Waals surface area contributed by atoms with Gasteiger partial charge in [0.2, 0.25) is 6.86 Å². The molecule has 0 aliphatic carbocycles. The van der Waals surface area contributed by atoms with Gasteiger partial charge in [-0.3, -0.25) is 9.97 Å². The number of H-pyrrole nitrogens is 1. The fourth-order valence-electron chi connectivity index (χ4n) is 2.37. The second kappa shape index (κ2) is 9.43. The maximum absolute atomic E-state index is 12.7. The summed E-state index contributed by atoms with van der Waals surface area (Å²) in [6.07, 6.45) is 1.56. The summed E-state index contributed by atoms with van der Waals surface area (Å²) in [5.74, 6) is 1.42. The van der Waals surface area contributed by atoms with Crippen molar-refractivity contribution in [2.24, 2.45) is 0 Å². The average molecular weight is 389 g/mol. The summed E-state index contributed by atoms with van der Waals surface area (Å²) in [5.41, 5.74) is 1.72. The number of fused-ring (bicyclic) bond motifs is 1. The molecule has 7 nitrogen and oxygen atoms in total. The zero-order chi connectivity index (χ0) is 17.8. The SMILES string of the molecule is COc1ccnc(C[S+]([O-])c2nc3cc(OCF)ccc3[nH]2)c1OC.[NaH]. The predicted octanol–water partition coefficient (Wildman–Crippen LogP) is 1.94. The molecule has 26 heavy (non-hydrogen) atoms. The molecule has 3 aromatic rings. The Kier molecular flexibility index (Phi) is 7.54. The van der Waals surface area contributed by atoms with Crippen molar-refractivity contribution in [2.45, 2.75) is 10.9 Å². The molecule has 10 heteroatoms. The van der Waals surface area contributed by atoms with Crippen LogP contribution in [0.5, 0.6) is 17.2 Å².